The summed E-state index contributed by atoms with van der Waals surface area (Å²) in [6.07, 6.45) is 6.62. The fraction of sp³-hybridized carbons (Fsp3) is 0.938. The van der Waals surface area contributed by atoms with Gasteiger partial charge in [0.25, 0.3) is 0 Å². The molecule has 1 aliphatic heterocycles. The summed E-state index contributed by atoms with van der Waals surface area (Å²) in [5, 5.41) is 6.66. The van der Waals surface area contributed by atoms with Crippen LogP contribution in [0.5, 0.6) is 0 Å². The second kappa shape index (κ2) is 5.08. The van der Waals surface area contributed by atoms with Crippen molar-refractivity contribution in [3.8, 4) is 0 Å². The van der Waals surface area contributed by atoms with Crippen LogP contribution < -0.4 is 10.6 Å². The Morgan fingerprint density at radius 3 is 2.74 bits per heavy atom. The predicted molar refractivity (Wildman–Crippen MR) is 76.7 cm³/mol. The van der Waals surface area contributed by atoms with Gasteiger partial charge < -0.3 is 10.6 Å². The first-order valence-electron chi connectivity index (χ1n) is 8.11. The van der Waals surface area contributed by atoms with Crippen molar-refractivity contribution in [3.05, 3.63) is 0 Å². The van der Waals surface area contributed by atoms with Crippen molar-refractivity contribution in [2.75, 3.05) is 19.6 Å². The van der Waals surface area contributed by atoms with Crippen LogP contribution in [-0.2, 0) is 4.79 Å². The molecule has 2 saturated carbocycles. The Kier molecular flexibility index (Phi) is 3.59. The van der Waals surface area contributed by atoms with E-state index in [1.807, 2.05) is 0 Å². The molecule has 3 rings (SSSR count). The maximum Gasteiger partial charge on any atom is 0.227 e. The molecule has 0 aromatic rings. The molecule has 3 fully saturated rings. The molecular weight excluding hydrogens is 236 g/mol. The molecule has 0 spiro atoms. The number of hydrogen-bond acceptors (Lipinski definition) is 2. The first-order valence-corrected chi connectivity index (χ1v) is 8.11. The van der Waals surface area contributed by atoms with Gasteiger partial charge in [-0.1, -0.05) is 20.3 Å². The minimum absolute atomic E-state index is 0.155. The Morgan fingerprint density at radius 1 is 1.37 bits per heavy atom. The molecule has 1 heterocycles. The second-order valence-electron chi connectivity index (χ2n) is 7.38. The summed E-state index contributed by atoms with van der Waals surface area (Å²) in [5.74, 6) is 3.36. The quantitative estimate of drug-likeness (QED) is 0.817. The van der Waals surface area contributed by atoms with Gasteiger partial charge in [-0.05, 0) is 55.9 Å². The average Bonchev–Trinajstić information content (AvgIpc) is 3.10. The summed E-state index contributed by atoms with van der Waals surface area (Å²) < 4.78 is 0. The summed E-state index contributed by atoms with van der Waals surface area (Å²) in [7, 11) is 0. The van der Waals surface area contributed by atoms with Crippen LogP contribution in [0, 0.1) is 29.1 Å². The molecule has 3 nitrogen and oxygen atoms in total. The molecule has 2 N–H and O–H groups in total. The van der Waals surface area contributed by atoms with Crippen molar-refractivity contribution in [2.45, 2.75) is 46.0 Å². The van der Waals surface area contributed by atoms with Crippen LogP contribution >= 0.6 is 0 Å². The van der Waals surface area contributed by atoms with Gasteiger partial charge in [0.1, 0.15) is 0 Å². The van der Waals surface area contributed by atoms with E-state index in [0.717, 1.165) is 43.8 Å². The molecule has 3 heteroatoms. The van der Waals surface area contributed by atoms with Gasteiger partial charge in [-0.2, -0.15) is 0 Å². The molecule has 0 aromatic heterocycles. The van der Waals surface area contributed by atoms with E-state index in [4.69, 9.17) is 0 Å². The van der Waals surface area contributed by atoms with E-state index in [-0.39, 0.29) is 5.41 Å². The van der Waals surface area contributed by atoms with Crippen molar-refractivity contribution in [1.82, 2.24) is 10.6 Å². The molecule has 0 radical (unpaired) electrons. The van der Waals surface area contributed by atoms with Gasteiger partial charge in [0, 0.05) is 13.1 Å². The van der Waals surface area contributed by atoms with Crippen LogP contribution in [0.4, 0.5) is 0 Å². The molecule has 4 unspecified atom stereocenters. The van der Waals surface area contributed by atoms with Crippen LogP contribution in [0.25, 0.3) is 0 Å². The highest BCUT2D eigenvalue weighted by atomic mass is 16.2. The van der Waals surface area contributed by atoms with Crippen molar-refractivity contribution < 1.29 is 4.79 Å². The third-order valence-electron chi connectivity index (χ3n) is 6.16. The van der Waals surface area contributed by atoms with Gasteiger partial charge in [-0.25, -0.2) is 0 Å². The van der Waals surface area contributed by atoms with E-state index in [2.05, 4.69) is 24.5 Å². The Morgan fingerprint density at radius 2 is 2.21 bits per heavy atom. The summed E-state index contributed by atoms with van der Waals surface area (Å²) in [5.41, 5.74) is -0.155. The lowest BCUT2D eigenvalue weighted by Crippen LogP contribution is -2.47. The SMILES string of the molecule is CC(C)C1(C(=O)NCC2CC3CCC2C3)CCNC1. The molecular formula is C16H28N2O. The zero-order valence-electron chi connectivity index (χ0n) is 12.4. The third-order valence-corrected chi connectivity index (χ3v) is 6.16. The summed E-state index contributed by atoms with van der Waals surface area (Å²) in [6, 6.07) is 0. The molecule has 1 amide bonds. The molecule has 1 saturated heterocycles. The predicted octanol–water partition coefficient (Wildman–Crippen LogP) is 2.17. The van der Waals surface area contributed by atoms with Crippen LogP contribution in [-0.4, -0.2) is 25.5 Å². The Labute approximate surface area is 116 Å². The van der Waals surface area contributed by atoms with Crippen molar-refractivity contribution in [1.29, 1.82) is 0 Å². The lowest BCUT2D eigenvalue weighted by Gasteiger charge is -2.32. The zero-order valence-corrected chi connectivity index (χ0v) is 12.4. The number of rotatable bonds is 4. The van der Waals surface area contributed by atoms with E-state index < -0.39 is 0 Å². The van der Waals surface area contributed by atoms with Crippen LogP contribution in [0.2, 0.25) is 0 Å². The van der Waals surface area contributed by atoms with Crippen LogP contribution in [0.3, 0.4) is 0 Å². The number of amides is 1. The largest absolute Gasteiger partial charge is 0.355 e. The topological polar surface area (TPSA) is 41.1 Å². The van der Waals surface area contributed by atoms with Crippen LogP contribution in [0.1, 0.15) is 46.0 Å². The van der Waals surface area contributed by atoms with E-state index in [0.29, 0.717) is 11.8 Å². The highest BCUT2D eigenvalue weighted by molar-refractivity contribution is 5.83. The molecule has 19 heavy (non-hydrogen) atoms. The number of carbonyl (C=O) groups excluding carboxylic acids is 1. The zero-order chi connectivity index (χ0) is 13.5. The third kappa shape index (κ3) is 2.31. The van der Waals surface area contributed by atoms with Gasteiger partial charge in [-0.15, -0.1) is 0 Å². The minimum Gasteiger partial charge on any atom is -0.355 e. The lowest BCUT2D eigenvalue weighted by atomic mass is 9.75. The maximum atomic E-state index is 12.6. The van der Waals surface area contributed by atoms with Crippen molar-refractivity contribution in [3.63, 3.8) is 0 Å². The molecule has 3 aliphatic rings. The van der Waals surface area contributed by atoms with E-state index in [1.165, 1.54) is 25.7 Å². The Hall–Kier alpha value is -0.570. The number of hydrogen-bond donors (Lipinski definition) is 2. The molecule has 2 aliphatic carbocycles. The first kappa shape index (κ1) is 13.4. The summed E-state index contributed by atoms with van der Waals surface area (Å²) in [6.45, 7) is 7.13. The van der Waals surface area contributed by atoms with E-state index >= 15 is 0 Å². The van der Waals surface area contributed by atoms with Gasteiger partial charge in [0.2, 0.25) is 5.91 Å². The van der Waals surface area contributed by atoms with Crippen molar-refractivity contribution >= 4 is 5.91 Å². The minimum atomic E-state index is -0.155. The van der Waals surface area contributed by atoms with E-state index in [9.17, 15) is 4.79 Å². The monoisotopic (exact) mass is 264 g/mol. The van der Waals surface area contributed by atoms with Gasteiger partial charge >= 0.3 is 0 Å². The van der Waals surface area contributed by atoms with Gasteiger partial charge in [0.05, 0.1) is 5.41 Å². The normalized spacial score (nSPS) is 41.1. The maximum absolute atomic E-state index is 12.6. The molecule has 2 bridgehead atoms. The Balaban J connectivity index is 1.56. The smallest absolute Gasteiger partial charge is 0.227 e. The number of fused-ring (bicyclic) bond motifs is 2. The number of carbonyl (C=O) groups is 1. The van der Waals surface area contributed by atoms with Crippen LogP contribution in [0.15, 0.2) is 0 Å². The van der Waals surface area contributed by atoms with Gasteiger partial charge in [0.15, 0.2) is 0 Å². The highest BCUT2D eigenvalue weighted by Crippen LogP contribution is 2.48. The summed E-state index contributed by atoms with van der Waals surface area (Å²) >= 11 is 0. The Bertz CT molecular complexity index is 347. The standard InChI is InChI=1S/C16H28N2O/c1-11(2)16(5-6-17-10-16)15(19)18-9-14-8-12-3-4-13(14)7-12/h11-14,17H,3-10H2,1-2H3,(H,18,19). The molecule has 0 aromatic carbocycles. The fourth-order valence-corrected chi connectivity index (χ4v) is 4.69. The van der Waals surface area contributed by atoms with Gasteiger partial charge in [-0.3, -0.25) is 4.79 Å². The fourth-order valence-electron chi connectivity index (χ4n) is 4.69. The summed E-state index contributed by atoms with van der Waals surface area (Å²) in [4.78, 5) is 12.6. The number of nitrogens with one attached hydrogen (secondary N) is 2. The van der Waals surface area contributed by atoms with E-state index in [1.54, 1.807) is 0 Å². The highest BCUT2D eigenvalue weighted by Gasteiger charge is 2.45. The van der Waals surface area contributed by atoms with Crippen molar-refractivity contribution in [2.24, 2.45) is 29.1 Å². The molecule has 4 atom stereocenters. The first-order chi connectivity index (χ1) is 9.12. The lowest BCUT2D eigenvalue weighted by molar-refractivity contribution is -0.132. The average molecular weight is 264 g/mol. The molecule has 108 valence electrons. The second-order valence-corrected chi connectivity index (χ2v) is 7.38.